The molecule has 1 aliphatic carbocycles. The third-order valence-electron chi connectivity index (χ3n) is 5.88. The Labute approximate surface area is 174 Å². The zero-order valence-electron chi connectivity index (χ0n) is 16.8. The Morgan fingerprint density at radius 1 is 1.37 bits per heavy atom. The number of alkyl halides is 1. The SMILES string of the molecule is O=CN(O)CC(CC1CCCCC1)C(=O)N1CC(F)CC1C(=O)Nc1cccnn1. The molecule has 10 heteroatoms. The maximum atomic E-state index is 14.2. The molecular formula is C20H28FN5O4. The molecule has 1 saturated heterocycles. The first-order chi connectivity index (χ1) is 14.5. The summed E-state index contributed by atoms with van der Waals surface area (Å²) in [6, 6.07) is 2.18. The molecule has 3 rings (SSSR count). The van der Waals surface area contributed by atoms with Crippen molar-refractivity contribution in [1.29, 1.82) is 0 Å². The fourth-order valence-corrected chi connectivity index (χ4v) is 4.44. The molecule has 3 unspecified atom stereocenters. The standard InChI is InChI=1S/C20H28FN5O4/c21-16-10-17(19(28)23-18-7-4-8-22-24-18)26(12-16)20(29)15(11-25(30)13-27)9-14-5-2-1-3-6-14/h4,7-8,13-17,30H,1-3,5-6,9-12H2,(H,23,24,28). The van der Waals surface area contributed by atoms with Gasteiger partial charge in [0, 0.05) is 12.6 Å². The van der Waals surface area contributed by atoms with Crippen LogP contribution in [0, 0.1) is 11.8 Å². The number of aromatic nitrogens is 2. The summed E-state index contributed by atoms with van der Waals surface area (Å²) in [6.07, 6.45) is 6.08. The highest BCUT2D eigenvalue weighted by atomic mass is 19.1. The molecule has 0 spiro atoms. The van der Waals surface area contributed by atoms with Gasteiger partial charge in [-0.25, -0.2) is 9.45 Å². The van der Waals surface area contributed by atoms with E-state index in [4.69, 9.17) is 0 Å². The van der Waals surface area contributed by atoms with Gasteiger partial charge in [0.15, 0.2) is 5.82 Å². The first kappa shape index (κ1) is 22.1. The number of rotatable bonds is 8. The largest absolute Gasteiger partial charge is 0.327 e. The van der Waals surface area contributed by atoms with E-state index in [2.05, 4.69) is 15.5 Å². The number of carbonyl (C=O) groups excluding carboxylic acids is 3. The number of halogens is 1. The van der Waals surface area contributed by atoms with E-state index >= 15 is 0 Å². The molecule has 30 heavy (non-hydrogen) atoms. The highest BCUT2D eigenvalue weighted by Crippen LogP contribution is 2.32. The highest BCUT2D eigenvalue weighted by Gasteiger charge is 2.42. The number of anilines is 1. The predicted molar refractivity (Wildman–Crippen MR) is 105 cm³/mol. The lowest BCUT2D eigenvalue weighted by atomic mass is 9.82. The summed E-state index contributed by atoms with van der Waals surface area (Å²) in [5.74, 6) is -1.11. The summed E-state index contributed by atoms with van der Waals surface area (Å²) in [5.41, 5.74) is 0. The van der Waals surface area contributed by atoms with Gasteiger partial charge in [-0.2, -0.15) is 5.10 Å². The average molecular weight is 421 g/mol. The van der Waals surface area contributed by atoms with Gasteiger partial charge in [-0.15, -0.1) is 5.10 Å². The van der Waals surface area contributed by atoms with Crippen LogP contribution in [0.1, 0.15) is 44.9 Å². The Kier molecular flexibility index (Phi) is 7.67. The summed E-state index contributed by atoms with van der Waals surface area (Å²) in [7, 11) is 0. The van der Waals surface area contributed by atoms with Gasteiger partial charge in [-0.1, -0.05) is 32.1 Å². The zero-order chi connectivity index (χ0) is 21.5. The first-order valence-corrected chi connectivity index (χ1v) is 10.4. The monoisotopic (exact) mass is 421 g/mol. The molecule has 0 radical (unpaired) electrons. The number of hydroxylamine groups is 2. The minimum absolute atomic E-state index is 0.107. The normalized spacial score (nSPS) is 23.1. The molecule has 3 amide bonds. The smallest absolute Gasteiger partial charge is 0.248 e. The molecule has 164 valence electrons. The van der Waals surface area contributed by atoms with E-state index in [9.17, 15) is 24.0 Å². The van der Waals surface area contributed by atoms with Gasteiger partial charge in [0.2, 0.25) is 18.2 Å². The molecule has 1 aliphatic heterocycles. The first-order valence-electron chi connectivity index (χ1n) is 10.4. The maximum absolute atomic E-state index is 14.2. The summed E-state index contributed by atoms with van der Waals surface area (Å²) < 4.78 is 14.2. The average Bonchev–Trinajstić information content (AvgIpc) is 3.16. The Balaban J connectivity index is 1.72. The van der Waals surface area contributed by atoms with E-state index in [0.29, 0.717) is 17.4 Å². The fourth-order valence-electron chi connectivity index (χ4n) is 4.44. The second-order valence-electron chi connectivity index (χ2n) is 8.10. The van der Waals surface area contributed by atoms with E-state index in [1.54, 1.807) is 12.1 Å². The van der Waals surface area contributed by atoms with E-state index in [0.717, 1.165) is 32.1 Å². The number of hydrogen-bond donors (Lipinski definition) is 2. The summed E-state index contributed by atoms with van der Waals surface area (Å²) in [5, 5.41) is 20.2. The lowest BCUT2D eigenvalue weighted by Gasteiger charge is -2.31. The van der Waals surface area contributed by atoms with E-state index < -0.39 is 29.9 Å². The van der Waals surface area contributed by atoms with Crippen molar-refractivity contribution in [3.05, 3.63) is 18.3 Å². The molecular weight excluding hydrogens is 393 g/mol. The third-order valence-corrected chi connectivity index (χ3v) is 5.88. The van der Waals surface area contributed by atoms with Crippen LogP contribution in [0.5, 0.6) is 0 Å². The Morgan fingerprint density at radius 3 is 2.80 bits per heavy atom. The van der Waals surface area contributed by atoms with E-state index in [-0.39, 0.29) is 31.7 Å². The second-order valence-corrected chi connectivity index (χ2v) is 8.10. The molecule has 3 atom stereocenters. The van der Waals surface area contributed by atoms with Crippen LogP contribution in [0.4, 0.5) is 10.2 Å². The van der Waals surface area contributed by atoms with Crippen LogP contribution in [-0.2, 0) is 14.4 Å². The van der Waals surface area contributed by atoms with Crippen molar-refractivity contribution in [2.24, 2.45) is 11.8 Å². The summed E-state index contributed by atoms with van der Waals surface area (Å²) in [4.78, 5) is 38.1. The Morgan fingerprint density at radius 2 is 2.13 bits per heavy atom. The molecule has 2 N–H and O–H groups in total. The molecule has 1 saturated carbocycles. The van der Waals surface area contributed by atoms with Crippen LogP contribution in [0.3, 0.4) is 0 Å². The maximum Gasteiger partial charge on any atom is 0.248 e. The van der Waals surface area contributed by atoms with E-state index in [1.807, 2.05) is 0 Å². The Bertz CT molecular complexity index is 731. The molecule has 2 fully saturated rings. The molecule has 1 aromatic heterocycles. The van der Waals surface area contributed by atoms with Crippen molar-refractivity contribution in [2.75, 3.05) is 18.4 Å². The Hall–Kier alpha value is -2.62. The lowest BCUT2D eigenvalue weighted by molar-refractivity contribution is -0.158. The summed E-state index contributed by atoms with van der Waals surface area (Å²) >= 11 is 0. The quantitative estimate of drug-likeness (QED) is 0.376. The zero-order valence-corrected chi connectivity index (χ0v) is 16.8. The number of carbonyl (C=O) groups is 3. The number of nitrogens with one attached hydrogen (secondary N) is 1. The van der Waals surface area contributed by atoms with Gasteiger partial charge in [0.1, 0.15) is 12.2 Å². The molecule has 2 aliphatic rings. The fraction of sp³-hybridized carbons (Fsp3) is 0.650. The topological polar surface area (TPSA) is 116 Å². The highest BCUT2D eigenvalue weighted by molar-refractivity contribution is 5.97. The lowest BCUT2D eigenvalue weighted by Crippen LogP contribution is -2.48. The van der Waals surface area contributed by atoms with Crippen molar-refractivity contribution in [2.45, 2.75) is 57.2 Å². The molecule has 2 heterocycles. The van der Waals surface area contributed by atoms with Crippen molar-refractivity contribution in [3.8, 4) is 0 Å². The van der Waals surface area contributed by atoms with Crippen LogP contribution >= 0.6 is 0 Å². The second kappa shape index (κ2) is 10.4. The van der Waals surface area contributed by atoms with Crippen molar-refractivity contribution in [1.82, 2.24) is 20.2 Å². The number of likely N-dealkylation sites (tertiary alicyclic amines) is 1. The van der Waals surface area contributed by atoms with Crippen LogP contribution in [0.15, 0.2) is 18.3 Å². The van der Waals surface area contributed by atoms with E-state index in [1.165, 1.54) is 11.1 Å². The number of amides is 3. The van der Waals surface area contributed by atoms with Gasteiger partial charge < -0.3 is 10.2 Å². The van der Waals surface area contributed by atoms with Gasteiger partial charge in [0.05, 0.1) is 19.0 Å². The van der Waals surface area contributed by atoms with Crippen molar-refractivity contribution < 1.29 is 24.0 Å². The minimum atomic E-state index is -1.32. The van der Waals surface area contributed by atoms with Crippen LogP contribution in [0.2, 0.25) is 0 Å². The predicted octanol–water partition coefficient (Wildman–Crippen LogP) is 1.79. The van der Waals surface area contributed by atoms with Crippen molar-refractivity contribution >= 4 is 24.0 Å². The van der Waals surface area contributed by atoms with Gasteiger partial charge in [-0.3, -0.25) is 19.6 Å². The van der Waals surface area contributed by atoms with Crippen LogP contribution in [0.25, 0.3) is 0 Å². The summed E-state index contributed by atoms with van der Waals surface area (Å²) in [6.45, 7) is -0.365. The molecule has 9 nitrogen and oxygen atoms in total. The third kappa shape index (κ3) is 5.71. The number of hydrogen-bond acceptors (Lipinski definition) is 6. The van der Waals surface area contributed by atoms with Crippen LogP contribution in [-0.4, -0.2) is 68.9 Å². The minimum Gasteiger partial charge on any atom is -0.327 e. The number of nitrogens with zero attached hydrogens (tertiary/aromatic N) is 4. The molecule has 0 bridgehead atoms. The molecule has 0 aromatic carbocycles. The molecule has 1 aromatic rings. The van der Waals surface area contributed by atoms with Gasteiger partial charge in [-0.05, 0) is 24.5 Å². The van der Waals surface area contributed by atoms with Crippen LogP contribution < -0.4 is 5.32 Å². The van der Waals surface area contributed by atoms with Gasteiger partial charge in [0.25, 0.3) is 0 Å². The van der Waals surface area contributed by atoms with Crippen molar-refractivity contribution in [3.63, 3.8) is 0 Å². The van der Waals surface area contributed by atoms with Gasteiger partial charge >= 0.3 is 0 Å².